The van der Waals surface area contributed by atoms with Crippen LogP contribution in [0.25, 0.3) is 0 Å². The minimum absolute atomic E-state index is 0.0151. The molecule has 1 fully saturated rings. The van der Waals surface area contributed by atoms with Gasteiger partial charge in [0, 0.05) is 6.42 Å². The van der Waals surface area contributed by atoms with Gasteiger partial charge in [0.05, 0.1) is 13.2 Å². The van der Waals surface area contributed by atoms with Crippen molar-refractivity contribution in [3.05, 3.63) is 0 Å². The fraction of sp³-hybridized carbons (Fsp3) is 0.955. The SMILES string of the molecule is CCCCCCCCCCCCCCCC(=O)O[C@H](CO)[C@H]1OC[C@H](O)[C@H]1O.OO. The van der Waals surface area contributed by atoms with Gasteiger partial charge in [-0.15, -0.1) is 0 Å². The largest absolute Gasteiger partial charge is 0.457 e. The van der Waals surface area contributed by atoms with Crippen LogP contribution >= 0.6 is 0 Å². The topological polar surface area (TPSA) is 137 Å². The number of unbranched alkanes of at least 4 members (excludes halogenated alkanes) is 12. The molecular formula is C22H44O8. The Morgan fingerprint density at radius 3 is 1.77 bits per heavy atom. The van der Waals surface area contributed by atoms with E-state index in [0.29, 0.717) is 6.42 Å². The van der Waals surface area contributed by atoms with Crippen LogP contribution in [-0.2, 0) is 14.3 Å². The molecule has 4 atom stereocenters. The molecule has 1 saturated heterocycles. The zero-order valence-electron chi connectivity index (χ0n) is 18.6. The summed E-state index contributed by atoms with van der Waals surface area (Å²) < 4.78 is 10.4. The quantitative estimate of drug-likeness (QED) is 0.101. The summed E-state index contributed by atoms with van der Waals surface area (Å²) in [5, 5.41) is 40.7. The molecule has 0 radical (unpaired) electrons. The third-order valence-electron chi connectivity index (χ3n) is 5.50. The van der Waals surface area contributed by atoms with E-state index in [1.54, 1.807) is 0 Å². The van der Waals surface area contributed by atoms with E-state index < -0.39 is 31.0 Å². The summed E-state index contributed by atoms with van der Waals surface area (Å²) in [6.07, 6.45) is 12.6. The molecular weight excluding hydrogens is 392 g/mol. The van der Waals surface area contributed by atoms with Crippen LogP contribution in [0.15, 0.2) is 0 Å². The Kier molecular flexibility index (Phi) is 19.6. The van der Waals surface area contributed by atoms with Crippen molar-refractivity contribution in [1.82, 2.24) is 0 Å². The maximum Gasteiger partial charge on any atom is 0.306 e. The van der Waals surface area contributed by atoms with Crippen LogP contribution in [0.3, 0.4) is 0 Å². The molecule has 0 amide bonds. The lowest BCUT2D eigenvalue weighted by Gasteiger charge is -2.24. The summed E-state index contributed by atoms with van der Waals surface area (Å²) in [6, 6.07) is 0. The summed E-state index contributed by atoms with van der Waals surface area (Å²) in [6.45, 7) is 1.80. The predicted octanol–water partition coefficient (Wildman–Crippen LogP) is 3.51. The van der Waals surface area contributed by atoms with Gasteiger partial charge >= 0.3 is 5.97 Å². The Labute approximate surface area is 181 Å². The van der Waals surface area contributed by atoms with E-state index in [0.717, 1.165) is 19.3 Å². The minimum Gasteiger partial charge on any atom is -0.457 e. The Balaban J connectivity index is 0.00000407. The van der Waals surface area contributed by atoms with Crippen molar-refractivity contribution >= 4 is 5.97 Å². The number of hydrogen-bond acceptors (Lipinski definition) is 8. The number of carbonyl (C=O) groups excluding carboxylic acids is 1. The van der Waals surface area contributed by atoms with E-state index in [-0.39, 0.29) is 12.6 Å². The molecule has 0 aromatic carbocycles. The maximum absolute atomic E-state index is 11.9. The Bertz CT molecular complexity index is 393. The lowest BCUT2D eigenvalue weighted by Crippen LogP contribution is -2.43. The maximum atomic E-state index is 11.9. The molecule has 5 N–H and O–H groups in total. The van der Waals surface area contributed by atoms with Crippen molar-refractivity contribution in [1.29, 1.82) is 0 Å². The Hall–Kier alpha value is -0.770. The smallest absolute Gasteiger partial charge is 0.306 e. The zero-order chi connectivity index (χ0) is 22.6. The van der Waals surface area contributed by atoms with Crippen molar-refractivity contribution in [2.75, 3.05) is 13.2 Å². The molecule has 0 aliphatic carbocycles. The molecule has 0 saturated carbocycles. The number of carbonyl (C=O) groups is 1. The number of ether oxygens (including phenoxy) is 2. The molecule has 8 nitrogen and oxygen atoms in total. The minimum atomic E-state index is -1.14. The van der Waals surface area contributed by atoms with Crippen LogP contribution in [0, 0.1) is 0 Å². The van der Waals surface area contributed by atoms with E-state index in [9.17, 15) is 20.1 Å². The van der Waals surface area contributed by atoms with E-state index in [2.05, 4.69) is 6.92 Å². The lowest BCUT2D eigenvalue weighted by molar-refractivity contribution is -0.176. The number of esters is 1. The molecule has 0 aromatic heterocycles. The first-order valence-electron chi connectivity index (χ1n) is 11.6. The van der Waals surface area contributed by atoms with E-state index in [4.69, 9.17) is 20.0 Å². The van der Waals surface area contributed by atoms with Gasteiger partial charge in [-0.05, 0) is 6.42 Å². The molecule has 8 heteroatoms. The molecule has 0 bridgehead atoms. The molecule has 1 rings (SSSR count). The Morgan fingerprint density at radius 2 is 1.37 bits per heavy atom. The average molecular weight is 437 g/mol. The van der Waals surface area contributed by atoms with Crippen LogP contribution in [0.2, 0.25) is 0 Å². The second kappa shape index (κ2) is 20.2. The highest BCUT2D eigenvalue weighted by Gasteiger charge is 2.41. The third kappa shape index (κ3) is 13.5. The van der Waals surface area contributed by atoms with Gasteiger partial charge in [-0.25, -0.2) is 0 Å². The van der Waals surface area contributed by atoms with Gasteiger partial charge in [-0.1, -0.05) is 84.0 Å². The van der Waals surface area contributed by atoms with E-state index in [1.807, 2.05) is 0 Å². The molecule has 0 unspecified atom stereocenters. The van der Waals surface area contributed by atoms with Crippen molar-refractivity contribution < 1.29 is 40.1 Å². The third-order valence-corrected chi connectivity index (χ3v) is 5.50. The van der Waals surface area contributed by atoms with Crippen LogP contribution in [0.4, 0.5) is 0 Å². The van der Waals surface area contributed by atoms with Gasteiger partial charge in [0.25, 0.3) is 0 Å². The number of hydrogen-bond donors (Lipinski definition) is 5. The number of aliphatic hydroxyl groups is 3. The van der Waals surface area contributed by atoms with Crippen LogP contribution in [0.5, 0.6) is 0 Å². The van der Waals surface area contributed by atoms with Crippen molar-refractivity contribution in [2.45, 2.75) is 121 Å². The highest BCUT2D eigenvalue weighted by Crippen LogP contribution is 2.20. The van der Waals surface area contributed by atoms with Gasteiger partial charge in [0.15, 0.2) is 6.10 Å². The van der Waals surface area contributed by atoms with Crippen LogP contribution in [0.1, 0.15) is 96.8 Å². The standard InChI is InChI=1S/C22H42O6.H2O2/c1-2-3-4-5-6-7-8-9-10-11-12-13-14-15-20(25)28-19(16-23)22-21(26)18(24)17-27-22;1-2/h18-19,21-24,26H,2-17H2,1H3;1-2H/t18-,19+,21+,22+;/m0./s1. The van der Waals surface area contributed by atoms with E-state index >= 15 is 0 Å². The van der Waals surface area contributed by atoms with Gasteiger partial charge in [0.2, 0.25) is 0 Å². The molecule has 180 valence electrons. The summed E-state index contributed by atoms with van der Waals surface area (Å²) in [5.74, 6) is -0.390. The van der Waals surface area contributed by atoms with Crippen molar-refractivity contribution in [3.63, 3.8) is 0 Å². The summed E-state index contributed by atoms with van der Waals surface area (Å²) in [7, 11) is 0. The fourth-order valence-electron chi connectivity index (χ4n) is 3.68. The predicted molar refractivity (Wildman–Crippen MR) is 114 cm³/mol. The second-order valence-corrected chi connectivity index (χ2v) is 8.06. The molecule has 1 aliphatic heterocycles. The monoisotopic (exact) mass is 436 g/mol. The normalized spacial score (nSPS) is 21.7. The second-order valence-electron chi connectivity index (χ2n) is 8.06. The van der Waals surface area contributed by atoms with Crippen molar-refractivity contribution in [3.8, 4) is 0 Å². The summed E-state index contributed by atoms with van der Waals surface area (Å²) >= 11 is 0. The number of rotatable bonds is 17. The van der Waals surface area contributed by atoms with Gasteiger partial charge < -0.3 is 24.8 Å². The zero-order valence-corrected chi connectivity index (χ0v) is 18.6. The first-order chi connectivity index (χ1) is 14.6. The summed E-state index contributed by atoms with van der Waals surface area (Å²) in [5.41, 5.74) is 0. The molecule has 0 spiro atoms. The van der Waals surface area contributed by atoms with Gasteiger partial charge in [0.1, 0.15) is 18.3 Å². The van der Waals surface area contributed by atoms with Gasteiger partial charge in [-0.2, -0.15) is 0 Å². The van der Waals surface area contributed by atoms with Crippen molar-refractivity contribution in [2.24, 2.45) is 0 Å². The van der Waals surface area contributed by atoms with Crippen LogP contribution in [-0.4, -0.2) is 69.4 Å². The first-order valence-corrected chi connectivity index (χ1v) is 11.6. The fourth-order valence-corrected chi connectivity index (χ4v) is 3.68. The molecule has 0 aromatic rings. The number of aliphatic hydroxyl groups excluding tert-OH is 3. The van der Waals surface area contributed by atoms with Gasteiger partial charge in [-0.3, -0.25) is 15.3 Å². The summed E-state index contributed by atoms with van der Waals surface area (Å²) in [4.78, 5) is 11.9. The molecule has 1 heterocycles. The van der Waals surface area contributed by atoms with Crippen LogP contribution < -0.4 is 0 Å². The molecule has 30 heavy (non-hydrogen) atoms. The highest BCUT2D eigenvalue weighted by atomic mass is 17.0. The molecule has 1 aliphatic rings. The lowest BCUT2D eigenvalue weighted by atomic mass is 10.0. The highest BCUT2D eigenvalue weighted by molar-refractivity contribution is 5.69. The average Bonchev–Trinajstić information content (AvgIpc) is 3.09. The first kappa shape index (κ1) is 29.2. The Morgan fingerprint density at radius 1 is 0.900 bits per heavy atom. The van der Waals surface area contributed by atoms with E-state index in [1.165, 1.54) is 64.2 Å².